The van der Waals surface area contributed by atoms with E-state index in [2.05, 4.69) is 0 Å². The number of ether oxygens (including phenoxy) is 2. The second kappa shape index (κ2) is 6.59. The van der Waals surface area contributed by atoms with E-state index in [4.69, 9.17) is 14.7 Å². The van der Waals surface area contributed by atoms with E-state index in [-0.39, 0.29) is 18.1 Å². The van der Waals surface area contributed by atoms with E-state index in [0.29, 0.717) is 18.0 Å². The molecular formula is C17H16N2O5. The van der Waals surface area contributed by atoms with Gasteiger partial charge < -0.3 is 14.4 Å². The van der Waals surface area contributed by atoms with Crippen molar-refractivity contribution in [3.63, 3.8) is 0 Å². The van der Waals surface area contributed by atoms with Crippen LogP contribution >= 0.6 is 0 Å². The summed E-state index contributed by atoms with van der Waals surface area (Å²) in [6.07, 6.45) is 0. The van der Waals surface area contributed by atoms with Crippen LogP contribution in [0.4, 0.5) is 5.69 Å². The molecule has 0 fully saturated rings. The molecule has 7 nitrogen and oxygen atoms in total. The first-order chi connectivity index (χ1) is 11.6. The fourth-order valence-corrected chi connectivity index (χ4v) is 2.50. The first kappa shape index (κ1) is 15.8. The zero-order valence-corrected chi connectivity index (χ0v) is 13.0. The highest BCUT2D eigenvalue weighted by Gasteiger charge is 2.26. The van der Waals surface area contributed by atoms with E-state index in [0.717, 1.165) is 11.3 Å². The summed E-state index contributed by atoms with van der Waals surface area (Å²) in [5.74, 6) is 0.356. The van der Waals surface area contributed by atoms with Crippen molar-refractivity contribution < 1.29 is 24.3 Å². The number of amides is 2. The molecule has 7 heteroatoms. The summed E-state index contributed by atoms with van der Waals surface area (Å²) in [5, 5.41) is 8.71. The zero-order chi connectivity index (χ0) is 17.1. The summed E-state index contributed by atoms with van der Waals surface area (Å²) in [4.78, 5) is 25.3. The second-order valence-corrected chi connectivity index (χ2v) is 5.24. The van der Waals surface area contributed by atoms with Gasteiger partial charge in [-0.3, -0.25) is 14.8 Å². The van der Waals surface area contributed by atoms with Gasteiger partial charge in [-0.05, 0) is 35.9 Å². The molecule has 0 spiro atoms. The number of rotatable bonds is 4. The lowest BCUT2D eigenvalue weighted by Gasteiger charge is -2.29. The molecule has 1 aliphatic rings. The predicted octanol–water partition coefficient (Wildman–Crippen LogP) is 1.74. The zero-order valence-electron chi connectivity index (χ0n) is 13.0. The van der Waals surface area contributed by atoms with Crippen molar-refractivity contribution in [2.45, 2.75) is 6.54 Å². The number of carbonyl (C=O) groups excluding carboxylic acids is 2. The van der Waals surface area contributed by atoms with Gasteiger partial charge in [-0.25, -0.2) is 5.48 Å². The molecule has 0 aliphatic carbocycles. The first-order valence-electron chi connectivity index (χ1n) is 7.27. The Labute approximate surface area is 138 Å². The van der Waals surface area contributed by atoms with Gasteiger partial charge in [-0.15, -0.1) is 0 Å². The Kier molecular flexibility index (Phi) is 4.35. The number of nitrogens with one attached hydrogen (secondary N) is 1. The summed E-state index contributed by atoms with van der Waals surface area (Å²) in [5.41, 5.74) is 3.34. The Balaban J connectivity index is 1.88. The van der Waals surface area contributed by atoms with Crippen molar-refractivity contribution in [1.82, 2.24) is 5.48 Å². The molecule has 0 aromatic heterocycles. The van der Waals surface area contributed by atoms with Crippen molar-refractivity contribution >= 4 is 17.5 Å². The number of hydrogen-bond acceptors (Lipinski definition) is 5. The molecule has 3 rings (SSSR count). The van der Waals surface area contributed by atoms with E-state index >= 15 is 0 Å². The van der Waals surface area contributed by atoms with Gasteiger partial charge in [0.05, 0.1) is 19.3 Å². The molecule has 2 aromatic rings. The molecular weight excluding hydrogens is 312 g/mol. The monoisotopic (exact) mass is 328 g/mol. The Morgan fingerprint density at radius 3 is 2.71 bits per heavy atom. The van der Waals surface area contributed by atoms with Gasteiger partial charge in [0, 0.05) is 5.56 Å². The van der Waals surface area contributed by atoms with Crippen molar-refractivity contribution in [3.8, 4) is 11.5 Å². The maximum Gasteiger partial charge on any atom is 0.274 e. The SMILES string of the molecule is COc1ccc(CN2C(=O)COc3cc(C(=O)NO)ccc32)cc1. The van der Waals surface area contributed by atoms with Crippen molar-refractivity contribution in [2.75, 3.05) is 18.6 Å². The number of anilines is 1. The molecule has 0 bridgehead atoms. The number of nitrogens with zero attached hydrogens (tertiary/aromatic N) is 1. The average molecular weight is 328 g/mol. The Hall–Kier alpha value is -3.06. The summed E-state index contributed by atoms with van der Waals surface area (Å²) < 4.78 is 10.5. The van der Waals surface area contributed by atoms with Crippen molar-refractivity contribution in [1.29, 1.82) is 0 Å². The quantitative estimate of drug-likeness (QED) is 0.659. The molecule has 2 amide bonds. The van der Waals surface area contributed by atoms with Crippen LogP contribution in [0.25, 0.3) is 0 Å². The van der Waals surface area contributed by atoms with Crippen molar-refractivity contribution in [2.24, 2.45) is 0 Å². The van der Waals surface area contributed by atoms with Crippen LogP contribution in [0.15, 0.2) is 42.5 Å². The topological polar surface area (TPSA) is 88.1 Å². The van der Waals surface area contributed by atoms with Gasteiger partial charge in [0.25, 0.3) is 11.8 Å². The molecule has 0 saturated carbocycles. The van der Waals surface area contributed by atoms with E-state index in [9.17, 15) is 9.59 Å². The molecule has 2 aromatic carbocycles. The molecule has 0 atom stereocenters. The summed E-state index contributed by atoms with van der Waals surface area (Å²) in [6, 6.07) is 12.1. The van der Waals surface area contributed by atoms with Gasteiger partial charge in [0.15, 0.2) is 6.61 Å². The van der Waals surface area contributed by atoms with E-state index in [1.807, 2.05) is 24.3 Å². The highest BCUT2D eigenvalue weighted by atomic mass is 16.5. The van der Waals surface area contributed by atoms with Crippen LogP contribution in [0, 0.1) is 0 Å². The van der Waals surface area contributed by atoms with E-state index in [1.54, 1.807) is 23.6 Å². The fourth-order valence-electron chi connectivity index (χ4n) is 2.50. The lowest BCUT2D eigenvalue weighted by Crippen LogP contribution is -2.38. The Morgan fingerprint density at radius 2 is 2.04 bits per heavy atom. The van der Waals surface area contributed by atoms with Crippen LogP contribution < -0.4 is 19.9 Å². The van der Waals surface area contributed by atoms with Crippen LogP contribution in [0.3, 0.4) is 0 Å². The van der Waals surface area contributed by atoms with Gasteiger partial charge in [0.1, 0.15) is 11.5 Å². The fraction of sp³-hybridized carbons (Fsp3) is 0.176. The molecule has 124 valence electrons. The number of fused-ring (bicyclic) bond motifs is 1. The molecule has 0 unspecified atom stereocenters. The van der Waals surface area contributed by atoms with Crippen LogP contribution in [0.2, 0.25) is 0 Å². The first-order valence-corrected chi connectivity index (χ1v) is 7.27. The maximum absolute atomic E-state index is 12.2. The lowest BCUT2D eigenvalue weighted by atomic mass is 10.1. The molecule has 0 saturated heterocycles. The lowest BCUT2D eigenvalue weighted by molar-refractivity contribution is -0.121. The molecule has 2 N–H and O–H groups in total. The summed E-state index contributed by atoms with van der Waals surface area (Å²) in [6.45, 7) is 0.276. The van der Waals surface area contributed by atoms with Crippen LogP contribution in [0.1, 0.15) is 15.9 Å². The highest BCUT2D eigenvalue weighted by Crippen LogP contribution is 2.34. The third-order valence-corrected chi connectivity index (χ3v) is 3.77. The number of hydroxylamine groups is 1. The Morgan fingerprint density at radius 1 is 1.29 bits per heavy atom. The van der Waals surface area contributed by atoms with Crippen LogP contribution in [-0.2, 0) is 11.3 Å². The highest BCUT2D eigenvalue weighted by molar-refractivity contribution is 6.00. The number of hydrogen-bond donors (Lipinski definition) is 2. The Bertz CT molecular complexity index is 773. The van der Waals surface area contributed by atoms with Crippen LogP contribution in [0.5, 0.6) is 11.5 Å². The van der Waals surface area contributed by atoms with Gasteiger partial charge in [-0.1, -0.05) is 12.1 Å². The standard InChI is InChI=1S/C17H16N2O5/c1-23-13-5-2-11(3-6-13)9-19-14-7-4-12(17(21)18-22)8-15(14)24-10-16(19)20/h2-8,22H,9-10H2,1H3,(H,18,21). The molecule has 24 heavy (non-hydrogen) atoms. The third kappa shape index (κ3) is 3.02. The average Bonchev–Trinajstić information content (AvgIpc) is 2.63. The second-order valence-electron chi connectivity index (χ2n) is 5.24. The number of carbonyl (C=O) groups is 2. The van der Waals surface area contributed by atoms with E-state index in [1.165, 1.54) is 12.1 Å². The number of methoxy groups -OCH3 is 1. The summed E-state index contributed by atoms with van der Waals surface area (Å²) >= 11 is 0. The normalized spacial score (nSPS) is 13.1. The predicted molar refractivity (Wildman–Crippen MR) is 85.4 cm³/mol. The minimum atomic E-state index is -0.639. The third-order valence-electron chi connectivity index (χ3n) is 3.77. The molecule has 1 heterocycles. The van der Waals surface area contributed by atoms with Crippen LogP contribution in [-0.4, -0.2) is 30.7 Å². The number of benzene rings is 2. The summed E-state index contributed by atoms with van der Waals surface area (Å²) in [7, 11) is 1.59. The van der Waals surface area contributed by atoms with Gasteiger partial charge >= 0.3 is 0 Å². The largest absolute Gasteiger partial charge is 0.497 e. The van der Waals surface area contributed by atoms with Gasteiger partial charge in [0.2, 0.25) is 0 Å². The molecule has 0 radical (unpaired) electrons. The smallest absolute Gasteiger partial charge is 0.274 e. The van der Waals surface area contributed by atoms with E-state index < -0.39 is 5.91 Å². The molecule has 1 aliphatic heterocycles. The van der Waals surface area contributed by atoms with Crippen molar-refractivity contribution in [3.05, 3.63) is 53.6 Å². The van der Waals surface area contributed by atoms with Gasteiger partial charge in [-0.2, -0.15) is 0 Å². The minimum absolute atomic E-state index is 0.104. The minimum Gasteiger partial charge on any atom is -0.497 e. The maximum atomic E-state index is 12.2.